The van der Waals surface area contributed by atoms with Crippen LogP contribution < -0.4 is 14.4 Å². The van der Waals surface area contributed by atoms with Crippen molar-refractivity contribution < 1.29 is 14.6 Å². The number of ether oxygens (including phenoxy) is 2. The molecule has 1 N–H and O–H groups in total. The average molecular weight is 517 g/mol. The van der Waals surface area contributed by atoms with Crippen molar-refractivity contribution in [2.75, 3.05) is 38.2 Å². The fourth-order valence-corrected chi connectivity index (χ4v) is 5.34. The summed E-state index contributed by atoms with van der Waals surface area (Å²) in [6.45, 7) is 9.66. The van der Waals surface area contributed by atoms with Crippen LogP contribution in [0.1, 0.15) is 56.2 Å². The molecular formula is C33H44N2O3. The number of fused-ring (bicyclic) bond motifs is 1. The summed E-state index contributed by atoms with van der Waals surface area (Å²) in [4.78, 5) is 4.83. The smallest absolute Gasteiger partial charge is 0.120 e. The number of aryl methyl sites for hydroxylation is 2. The number of phenols is 1. The Morgan fingerprint density at radius 1 is 0.868 bits per heavy atom. The van der Waals surface area contributed by atoms with E-state index in [1.165, 1.54) is 41.6 Å². The van der Waals surface area contributed by atoms with Gasteiger partial charge in [-0.25, -0.2) is 0 Å². The number of hydrogen-bond acceptors (Lipinski definition) is 5. The first-order valence-corrected chi connectivity index (χ1v) is 14.3. The zero-order chi connectivity index (χ0) is 26.7. The lowest BCUT2D eigenvalue weighted by atomic mass is 9.92. The number of rotatable bonds is 8. The van der Waals surface area contributed by atoms with Crippen LogP contribution in [0.25, 0.3) is 0 Å². The Hall–Kier alpha value is -3.18. The second kappa shape index (κ2) is 14.1. The molecule has 5 heteroatoms. The lowest BCUT2D eigenvalue weighted by molar-refractivity contribution is 0.104. The Balaban J connectivity index is 0.000000253. The number of phenolic OH excluding ortho intramolecular Hbond substituents is 1. The van der Waals surface area contributed by atoms with Gasteiger partial charge in [-0.1, -0.05) is 31.2 Å². The van der Waals surface area contributed by atoms with Gasteiger partial charge in [-0.15, -0.1) is 0 Å². The maximum absolute atomic E-state index is 9.19. The minimum atomic E-state index is 0.350. The molecule has 0 radical (unpaired) electrons. The molecule has 0 bridgehead atoms. The molecule has 1 aliphatic heterocycles. The molecule has 1 aliphatic carbocycles. The van der Waals surface area contributed by atoms with Gasteiger partial charge in [0.05, 0.1) is 7.11 Å². The lowest BCUT2D eigenvalue weighted by Crippen LogP contribution is -2.37. The van der Waals surface area contributed by atoms with Crippen LogP contribution in [-0.2, 0) is 19.4 Å². The molecule has 204 valence electrons. The van der Waals surface area contributed by atoms with Crippen molar-refractivity contribution in [3.8, 4) is 17.2 Å². The standard InChI is InChI=1S/C23H32N2O2.C10H12O/c1-4-24-15-13-22(14-16-24)27-21-11-9-19(10-12-21)18-25(5-2)20-7-6-8-23(17-20)26-3;11-10-6-5-8-3-1-2-4-9(8)7-10/h6-12,17,22H,4-5,13-16,18H2,1-3H3;5-7,11H,1-4H2. The third kappa shape index (κ3) is 7.91. The summed E-state index contributed by atoms with van der Waals surface area (Å²) in [5, 5.41) is 9.19. The predicted molar refractivity (Wildman–Crippen MR) is 157 cm³/mol. The SMILES string of the molecule is CCN1CCC(Oc2ccc(CN(CC)c3cccc(OC)c3)cc2)CC1.Oc1ccc2c(c1)CCCC2. The van der Waals surface area contributed by atoms with Crippen molar-refractivity contribution in [2.24, 2.45) is 0 Å². The van der Waals surface area contributed by atoms with E-state index in [0.717, 1.165) is 63.5 Å². The Kier molecular flexibility index (Phi) is 10.3. The number of methoxy groups -OCH3 is 1. The highest BCUT2D eigenvalue weighted by molar-refractivity contribution is 5.51. The van der Waals surface area contributed by atoms with E-state index >= 15 is 0 Å². The van der Waals surface area contributed by atoms with E-state index < -0.39 is 0 Å². The van der Waals surface area contributed by atoms with Gasteiger partial charge in [0, 0.05) is 37.9 Å². The number of aromatic hydroxyl groups is 1. The van der Waals surface area contributed by atoms with Gasteiger partial charge in [0.25, 0.3) is 0 Å². The van der Waals surface area contributed by atoms with E-state index in [1.807, 2.05) is 24.3 Å². The normalized spacial score (nSPS) is 15.7. The molecule has 3 aromatic rings. The number of likely N-dealkylation sites (tertiary alicyclic amines) is 1. The first-order valence-electron chi connectivity index (χ1n) is 14.3. The molecule has 3 aromatic carbocycles. The molecule has 0 spiro atoms. The van der Waals surface area contributed by atoms with E-state index in [2.05, 4.69) is 60.0 Å². The van der Waals surface area contributed by atoms with Crippen LogP contribution in [0.15, 0.2) is 66.7 Å². The maximum atomic E-state index is 9.19. The van der Waals surface area contributed by atoms with Gasteiger partial charge in [0.1, 0.15) is 23.4 Å². The molecule has 0 atom stereocenters. The van der Waals surface area contributed by atoms with E-state index in [-0.39, 0.29) is 0 Å². The fraction of sp³-hybridized carbons (Fsp3) is 0.455. The summed E-state index contributed by atoms with van der Waals surface area (Å²) in [6.07, 6.45) is 7.50. The zero-order valence-corrected chi connectivity index (χ0v) is 23.4. The Bertz CT molecular complexity index is 1120. The summed E-state index contributed by atoms with van der Waals surface area (Å²) in [7, 11) is 1.71. The molecule has 5 rings (SSSR count). The van der Waals surface area contributed by atoms with Crippen LogP contribution in [0, 0.1) is 0 Å². The fourth-order valence-electron chi connectivity index (χ4n) is 5.34. The van der Waals surface area contributed by atoms with Crippen LogP contribution in [0.2, 0.25) is 0 Å². The van der Waals surface area contributed by atoms with Gasteiger partial charge in [0.2, 0.25) is 0 Å². The van der Waals surface area contributed by atoms with Gasteiger partial charge in [-0.3, -0.25) is 0 Å². The van der Waals surface area contributed by atoms with Gasteiger partial charge in [-0.2, -0.15) is 0 Å². The van der Waals surface area contributed by atoms with Crippen LogP contribution in [0.3, 0.4) is 0 Å². The maximum Gasteiger partial charge on any atom is 0.120 e. The monoisotopic (exact) mass is 516 g/mol. The minimum Gasteiger partial charge on any atom is -0.508 e. The molecular weight excluding hydrogens is 472 g/mol. The summed E-state index contributed by atoms with van der Waals surface area (Å²) in [6, 6.07) is 22.5. The molecule has 0 unspecified atom stereocenters. The van der Waals surface area contributed by atoms with Gasteiger partial charge >= 0.3 is 0 Å². The number of piperidine rings is 1. The van der Waals surface area contributed by atoms with Crippen LogP contribution in [0.5, 0.6) is 17.2 Å². The van der Waals surface area contributed by atoms with Gasteiger partial charge in [-0.05, 0) is 105 Å². The second-order valence-electron chi connectivity index (χ2n) is 10.3. The Morgan fingerprint density at radius 2 is 1.61 bits per heavy atom. The highest BCUT2D eigenvalue weighted by Gasteiger charge is 2.19. The summed E-state index contributed by atoms with van der Waals surface area (Å²) in [5.74, 6) is 2.28. The van der Waals surface area contributed by atoms with E-state index in [9.17, 15) is 5.11 Å². The highest BCUT2D eigenvalue weighted by Crippen LogP contribution is 2.25. The number of anilines is 1. The molecule has 5 nitrogen and oxygen atoms in total. The zero-order valence-electron chi connectivity index (χ0n) is 23.4. The van der Waals surface area contributed by atoms with Crippen molar-refractivity contribution in [3.05, 3.63) is 83.4 Å². The number of nitrogens with zero attached hydrogens (tertiary/aromatic N) is 2. The van der Waals surface area contributed by atoms with Crippen molar-refractivity contribution in [3.63, 3.8) is 0 Å². The van der Waals surface area contributed by atoms with E-state index in [4.69, 9.17) is 9.47 Å². The minimum absolute atomic E-state index is 0.350. The van der Waals surface area contributed by atoms with Crippen molar-refractivity contribution in [1.82, 2.24) is 4.90 Å². The van der Waals surface area contributed by atoms with Gasteiger partial charge < -0.3 is 24.4 Å². The summed E-state index contributed by atoms with van der Waals surface area (Å²) in [5.41, 5.74) is 5.23. The first kappa shape index (κ1) is 27.8. The van der Waals surface area contributed by atoms with Crippen LogP contribution >= 0.6 is 0 Å². The molecule has 1 fully saturated rings. The quantitative estimate of drug-likeness (QED) is 0.355. The van der Waals surface area contributed by atoms with Crippen LogP contribution in [-0.4, -0.2) is 49.4 Å². The van der Waals surface area contributed by atoms with Crippen molar-refractivity contribution in [2.45, 2.75) is 65.0 Å². The first-order chi connectivity index (χ1) is 18.6. The van der Waals surface area contributed by atoms with E-state index in [0.29, 0.717) is 11.9 Å². The third-order valence-corrected chi connectivity index (χ3v) is 7.71. The van der Waals surface area contributed by atoms with Crippen molar-refractivity contribution >= 4 is 5.69 Å². The predicted octanol–water partition coefficient (Wildman–Crippen LogP) is 6.86. The van der Waals surface area contributed by atoms with Crippen LogP contribution in [0.4, 0.5) is 5.69 Å². The van der Waals surface area contributed by atoms with Gasteiger partial charge in [0.15, 0.2) is 0 Å². The Labute approximate surface area is 229 Å². The second-order valence-corrected chi connectivity index (χ2v) is 10.3. The molecule has 38 heavy (non-hydrogen) atoms. The largest absolute Gasteiger partial charge is 0.508 e. The van der Waals surface area contributed by atoms with E-state index in [1.54, 1.807) is 13.2 Å². The molecule has 1 heterocycles. The summed E-state index contributed by atoms with van der Waals surface area (Å²) >= 11 is 0. The Morgan fingerprint density at radius 3 is 2.29 bits per heavy atom. The highest BCUT2D eigenvalue weighted by atomic mass is 16.5. The lowest BCUT2D eigenvalue weighted by Gasteiger charge is -2.31. The average Bonchev–Trinajstić information content (AvgIpc) is 2.97. The summed E-state index contributed by atoms with van der Waals surface area (Å²) < 4.78 is 11.5. The third-order valence-electron chi connectivity index (χ3n) is 7.71. The molecule has 0 amide bonds. The number of benzene rings is 3. The molecule has 0 saturated carbocycles. The number of hydrogen-bond donors (Lipinski definition) is 1. The molecule has 0 aromatic heterocycles. The topological polar surface area (TPSA) is 45.2 Å². The van der Waals surface area contributed by atoms with Crippen molar-refractivity contribution in [1.29, 1.82) is 0 Å². The molecule has 1 saturated heterocycles. The molecule has 2 aliphatic rings.